The molecule has 6 nitrogen and oxygen atoms in total. The van der Waals surface area contributed by atoms with Crippen molar-refractivity contribution in [2.24, 2.45) is 0 Å². The van der Waals surface area contributed by atoms with Gasteiger partial charge in [-0.1, -0.05) is 25.1 Å². The van der Waals surface area contributed by atoms with Crippen LogP contribution in [0.2, 0.25) is 0 Å². The molecule has 1 aliphatic heterocycles. The minimum absolute atomic E-state index is 0.000681. The highest BCUT2D eigenvalue weighted by Crippen LogP contribution is 2.35. The number of rotatable bonds is 8. The molecule has 34 heavy (non-hydrogen) atoms. The van der Waals surface area contributed by atoms with Gasteiger partial charge in [-0.15, -0.1) is 0 Å². The van der Waals surface area contributed by atoms with E-state index in [2.05, 4.69) is 24.4 Å². The Labute approximate surface area is 200 Å². The van der Waals surface area contributed by atoms with E-state index in [0.29, 0.717) is 42.3 Å². The molecule has 0 radical (unpaired) electrons. The number of aryl methyl sites for hydroxylation is 3. The topological polar surface area (TPSA) is 67.9 Å². The van der Waals surface area contributed by atoms with E-state index in [9.17, 15) is 9.59 Å². The van der Waals surface area contributed by atoms with Gasteiger partial charge in [0.25, 0.3) is 11.8 Å². The summed E-state index contributed by atoms with van der Waals surface area (Å²) in [6.07, 6.45) is 1.66. The van der Waals surface area contributed by atoms with Crippen molar-refractivity contribution in [2.75, 3.05) is 30.0 Å². The average Bonchev–Trinajstić information content (AvgIpc) is 2.85. The molecule has 176 valence electrons. The van der Waals surface area contributed by atoms with E-state index >= 15 is 0 Å². The number of hydrogen-bond donors (Lipinski definition) is 1. The Bertz CT molecular complexity index is 1190. The SMILES string of the molecule is CCc1ccc(OCCCN2C(=O)COc3ccc(NC(=O)c4ccc(C)c(C)c4)cc32)cc1. The Morgan fingerprint density at radius 3 is 2.56 bits per heavy atom. The molecule has 3 aromatic carbocycles. The van der Waals surface area contributed by atoms with Crippen molar-refractivity contribution in [2.45, 2.75) is 33.6 Å². The van der Waals surface area contributed by atoms with Gasteiger partial charge in [0.1, 0.15) is 11.5 Å². The van der Waals surface area contributed by atoms with Crippen LogP contribution in [0.3, 0.4) is 0 Å². The molecule has 0 fully saturated rings. The van der Waals surface area contributed by atoms with E-state index in [1.54, 1.807) is 23.1 Å². The zero-order valence-corrected chi connectivity index (χ0v) is 19.9. The predicted octanol–water partition coefficient (Wildman–Crippen LogP) is 5.31. The van der Waals surface area contributed by atoms with Gasteiger partial charge in [0.15, 0.2) is 6.61 Å². The number of nitrogens with one attached hydrogen (secondary N) is 1. The van der Waals surface area contributed by atoms with E-state index in [0.717, 1.165) is 23.3 Å². The normalized spacial score (nSPS) is 12.7. The highest BCUT2D eigenvalue weighted by atomic mass is 16.5. The van der Waals surface area contributed by atoms with Crippen molar-refractivity contribution in [3.8, 4) is 11.5 Å². The molecule has 0 saturated carbocycles. The zero-order chi connectivity index (χ0) is 24.1. The fourth-order valence-corrected chi connectivity index (χ4v) is 3.85. The maximum Gasteiger partial charge on any atom is 0.265 e. The molecule has 0 bridgehead atoms. The van der Waals surface area contributed by atoms with E-state index in [1.807, 2.05) is 44.2 Å². The molecule has 4 rings (SSSR count). The lowest BCUT2D eigenvalue weighted by atomic mass is 10.1. The van der Waals surface area contributed by atoms with Gasteiger partial charge in [-0.25, -0.2) is 0 Å². The minimum Gasteiger partial charge on any atom is -0.494 e. The van der Waals surface area contributed by atoms with Crippen LogP contribution in [-0.2, 0) is 11.2 Å². The van der Waals surface area contributed by atoms with Gasteiger partial charge in [0.2, 0.25) is 0 Å². The van der Waals surface area contributed by atoms with Crippen molar-refractivity contribution in [3.05, 3.63) is 82.9 Å². The van der Waals surface area contributed by atoms with Gasteiger partial charge in [0, 0.05) is 17.8 Å². The fraction of sp³-hybridized carbons (Fsp3) is 0.286. The summed E-state index contributed by atoms with van der Waals surface area (Å²) < 4.78 is 11.4. The smallest absolute Gasteiger partial charge is 0.265 e. The average molecular weight is 459 g/mol. The molecule has 1 heterocycles. The second-order valence-corrected chi connectivity index (χ2v) is 8.47. The van der Waals surface area contributed by atoms with Gasteiger partial charge in [-0.2, -0.15) is 0 Å². The molecule has 0 unspecified atom stereocenters. The molecule has 6 heteroatoms. The van der Waals surface area contributed by atoms with Gasteiger partial charge >= 0.3 is 0 Å². The number of hydrogen-bond acceptors (Lipinski definition) is 4. The predicted molar refractivity (Wildman–Crippen MR) is 134 cm³/mol. The molecule has 0 saturated heterocycles. The number of anilines is 2. The first-order valence-electron chi connectivity index (χ1n) is 11.6. The number of benzene rings is 3. The highest BCUT2D eigenvalue weighted by molar-refractivity contribution is 6.05. The number of ether oxygens (including phenoxy) is 2. The number of amides is 2. The van der Waals surface area contributed by atoms with Crippen LogP contribution in [0.25, 0.3) is 0 Å². The number of carbonyl (C=O) groups excluding carboxylic acids is 2. The van der Waals surface area contributed by atoms with Crippen molar-refractivity contribution in [3.63, 3.8) is 0 Å². The molecular formula is C28H30N2O4. The lowest BCUT2D eigenvalue weighted by Crippen LogP contribution is -2.39. The van der Waals surface area contributed by atoms with Crippen molar-refractivity contribution in [1.29, 1.82) is 0 Å². The Morgan fingerprint density at radius 1 is 1.03 bits per heavy atom. The summed E-state index contributed by atoms with van der Waals surface area (Å²) in [5.74, 6) is 1.14. The first-order chi connectivity index (χ1) is 16.4. The van der Waals surface area contributed by atoms with E-state index in [4.69, 9.17) is 9.47 Å². The van der Waals surface area contributed by atoms with Gasteiger partial charge < -0.3 is 19.7 Å². The second-order valence-electron chi connectivity index (χ2n) is 8.47. The van der Waals surface area contributed by atoms with Crippen LogP contribution >= 0.6 is 0 Å². The Hall–Kier alpha value is -3.80. The third-order valence-corrected chi connectivity index (χ3v) is 6.06. The molecule has 0 atom stereocenters. The van der Waals surface area contributed by atoms with Crippen molar-refractivity contribution < 1.29 is 19.1 Å². The summed E-state index contributed by atoms with van der Waals surface area (Å²) in [7, 11) is 0. The van der Waals surface area contributed by atoms with E-state index < -0.39 is 0 Å². The third-order valence-electron chi connectivity index (χ3n) is 6.06. The quantitative estimate of drug-likeness (QED) is 0.465. The molecule has 0 aliphatic carbocycles. The lowest BCUT2D eigenvalue weighted by Gasteiger charge is -2.30. The van der Waals surface area contributed by atoms with Crippen LogP contribution in [0.4, 0.5) is 11.4 Å². The fourth-order valence-electron chi connectivity index (χ4n) is 3.85. The van der Waals surface area contributed by atoms with Gasteiger partial charge in [0.05, 0.1) is 12.3 Å². The largest absolute Gasteiger partial charge is 0.494 e. The molecular weight excluding hydrogens is 428 g/mol. The molecule has 1 aliphatic rings. The molecule has 2 amide bonds. The lowest BCUT2D eigenvalue weighted by molar-refractivity contribution is -0.121. The van der Waals surface area contributed by atoms with Crippen LogP contribution in [0.5, 0.6) is 11.5 Å². The summed E-state index contributed by atoms with van der Waals surface area (Å²) >= 11 is 0. The molecule has 1 N–H and O–H groups in total. The maximum absolute atomic E-state index is 12.7. The van der Waals surface area contributed by atoms with Crippen LogP contribution in [-0.4, -0.2) is 31.6 Å². The molecule has 0 aromatic heterocycles. The van der Waals surface area contributed by atoms with E-state index in [1.165, 1.54) is 5.56 Å². The minimum atomic E-state index is -0.194. The summed E-state index contributed by atoms with van der Waals surface area (Å²) in [6, 6.07) is 19.0. The van der Waals surface area contributed by atoms with Crippen LogP contribution in [0, 0.1) is 13.8 Å². The van der Waals surface area contributed by atoms with Crippen LogP contribution in [0.1, 0.15) is 40.4 Å². The van der Waals surface area contributed by atoms with Crippen molar-refractivity contribution in [1.82, 2.24) is 0 Å². The standard InChI is InChI=1S/C28H30N2O4/c1-4-21-7-11-24(12-8-21)33-15-5-14-30-25-17-23(10-13-26(25)34-18-27(30)31)29-28(32)22-9-6-19(2)20(3)16-22/h6-13,16-17H,4-5,14-15,18H2,1-3H3,(H,29,32). The molecule has 3 aromatic rings. The summed E-state index contributed by atoms with van der Waals surface area (Å²) in [4.78, 5) is 27.0. The highest BCUT2D eigenvalue weighted by Gasteiger charge is 2.25. The first kappa shape index (κ1) is 23.4. The molecule has 0 spiro atoms. The number of fused-ring (bicyclic) bond motifs is 1. The van der Waals surface area contributed by atoms with Crippen LogP contribution in [0.15, 0.2) is 60.7 Å². The van der Waals surface area contributed by atoms with E-state index in [-0.39, 0.29) is 18.4 Å². The van der Waals surface area contributed by atoms with Crippen molar-refractivity contribution >= 4 is 23.2 Å². The van der Waals surface area contributed by atoms with Crippen LogP contribution < -0.4 is 19.7 Å². The number of nitrogens with zero attached hydrogens (tertiary/aromatic N) is 1. The Morgan fingerprint density at radius 2 is 1.82 bits per heavy atom. The zero-order valence-electron chi connectivity index (χ0n) is 19.9. The summed E-state index contributed by atoms with van der Waals surface area (Å²) in [5, 5.41) is 2.93. The second kappa shape index (κ2) is 10.4. The van der Waals surface area contributed by atoms with Gasteiger partial charge in [-0.05, 0) is 85.8 Å². The third kappa shape index (κ3) is 5.39. The Kier molecular flexibility index (Phi) is 7.16. The Balaban J connectivity index is 1.41. The number of carbonyl (C=O) groups is 2. The maximum atomic E-state index is 12.7. The summed E-state index contributed by atoms with van der Waals surface area (Å²) in [5.41, 5.74) is 5.32. The summed E-state index contributed by atoms with van der Waals surface area (Å²) in [6.45, 7) is 7.11. The van der Waals surface area contributed by atoms with Gasteiger partial charge in [-0.3, -0.25) is 9.59 Å². The monoisotopic (exact) mass is 458 g/mol. The first-order valence-corrected chi connectivity index (χ1v) is 11.6.